The van der Waals surface area contributed by atoms with Crippen molar-refractivity contribution >= 4 is 39.0 Å². The van der Waals surface area contributed by atoms with Gasteiger partial charge in [-0.3, -0.25) is 9.59 Å². The quantitative estimate of drug-likeness (QED) is 0.814. The van der Waals surface area contributed by atoms with Gasteiger partial charge in [0, 0.05) is 4.47 Å². The van der Waals surface area contributed by atoms with E-state index in [0.717, 1.165) is 20.5 Å². The fourth-order valence-electron chi connectivity index (χ4n) is 2.50. The maximum absolute atomic E-state index is 12.7. The summed E-state index contributed by atoms with van der Waals surface area (Å²) in [6, 6.07) is 12.2. The van der Waals surface area contributed by atoms with Gasteiger partial charge in [0.2, 0.25) is 0 Å². The van der Waals surface area contributed by atoms with Gasteiger partial charge in [0.15, 0.2) is 5.76 Å². The molecule has 1 aliphatic rings. The summed E-state index contributed by atoms with van der Waals surface area (Å²) in [7, 11) is 0. The molecule has 1 aliphatic heterocycles. The normalized spacial score (nSPS) is 14.8. The third-order valence-electron chi connectivity index (χ3n) is 3.94. The van der Waals surface area contributed by atoms with Crippen LogP contribution in [0.3, 0.4) is 0 Å². The van der Waals surface area contributed by atoms with E-state index in [1.54, 1.807) is 36.4 Å². The van der Waals surface area contributed by atoms with Gasteiger partial charge in [0.05, 0.1) is 11.3 Å². The van der Waals surface area contributed by atoms with E-state index < -0.39 is 17.6 Å². The first-order valence-electron chi connectivity index (χ1n) is 7.05. The van der Waals surface area contributed by atoms with Crippen molar-refractivity contribution in [2.45, 2.75) is 13.8 Å². The van der Waals surface area contributed by atoms with Crippen LogP contribution in [0.5, 0.6) is 0 Å². The molecule has 23 heavy (non-hydrogen) atoms. The summed E-state index contributed by atoms with van der Waals surface area (Å²) in [5.74, 6) is -1.73. The first kappa shape index (κ1) is 15.5. The van der Waals surface area contributed by atoms with Crippen LogP contribution >= 0.6 is 15.9 Å². The van der Waals surface area contributed by atoms with E-state index in [2.05, 4.69) is 15.9 Å². The number of benzene rings is 2. The number of aliphatic hydroxyl groups excluding tert-OH is 1. The van der Waals surface area contributed by atoms with E-state index in [9.17, 15) is 14.7 Å². The Kier molecular flexibility index (Phi) is 3.82. The highest BCUT2D eigenvalue weighted by Gasteiger charge is 2.40. The molecule has 2 amide bonds. The predicted molar refractivity (Wildman–Crippen MR) is 92.1 cm³/mol. The molecule has 0 atom stereocenters. The summed E-state index contributed by atoms with van der Waals surface area (Å²) in [5.41, 5.74) is 3.08. The number of aliphatic hydroxyl groups is 1. The number of aryl methyl sites for hydroxylation is 2. The second kappa shape index (κ2) is 5.66. The molecule has 5 heteroatoms. The van der Waals surface area contributed by atoms with Crippen LogP contribution in [-0.4, -0.2) is 16.9 Å². The Bertz CT molecular complexity index is 853. The van der Waals surface area contributed by atoms with Crippen LogP contribution in [-0.2, 0) is 9.59 Å². The lowest BCUT2D eigenvalue weighted by atomic mass is 10.00. The van der Waals surface area contributed by atoms with Crippen LogP contribution in [0, 0.1) is 13.8 Å². The molecule has 0 saturated heterocycles. The Morgan fingerprint density at radius 2 is 1.57 bits per heavy atom. The lowest BCUT2D eigenvalue weighted by molar-refractivity contribution is -0.121. The van der Waals surface area contributed by atoms with Crippen LogP contribution in [0.4, 0.5) is 5.69 Å². The molecule has 0 aliphatic carbocycles. The molecule has 0 bridgehead atoms. The third-order valence-corrected chi connectivity index (χ3v) is 4.47. The van der Waals surface area contributed by atoms with Crippen molar-refractivity contribution in [1.29, 1.82) is 0 Å². The molecule has 1 N–H and O–H groups in total. The number of halogens is 1. The van der Waals surface area contributed by atoms with E-state index in [4.69, 9.17) is 0 Å². The highest BCUT2D eigenvalue weighted by Crippen LogP contribution is 2.33. The van der Waals surface area contributed by atoms with Crippen molar-refractivity contribution in [2.75, 3.05) is 4.90 Å². The SMILES string of the molecule is Cc1ccc(C2=C(O)C(=O)N(c3ccc(Br)cc3)C2=O)cc1C. The van der Waals surface area contributed by atoms with E-state index in [-0.39, 0.29) is 5.57 Å². The second-order valence-corrected chi connectivity index (χ2v) is 6.36. The van der Waals surface area contributed by atoms with Crippen LogP contribution in [0.25, 0.3) is 5.57 Å². The number of carbonyl (C=O) groups is 2. The number of anilines is 1. The Labute approximate surface area is 142 Å². The molecule has 4 nitrogen and oxygen atoms in total. The van der Waals surface area contributed by atoms with Gasteiger partial charge < -0.3 is 5.11 Å². The van der Waals surface area contributed by atoms with Crippen molar-refractivity contribution in [3.8, 4) is 0 Å². The van der Waals surface area contributed by atoms with E-state index in [1.807, 2.05) is 19.9 Å². The first-order chi connectivity index (χ1) is 10.9. The lowest BCUT2D eigenvalue weighted by Crippen LogP contribution is -2.31. The Morgan fingerprint density at radius 1 is 0.913 bits per heavy atom. The van der Waals surface area contributed by atoms with Crippen molar-refractivity contribution in [1.82, 2.24) is 0 Å². The molecular formula is C18H14BrNO3. The predicted octanol–water partition coefficient (Wildman–Crippen LogP) is 3.91. The zero-order valence-electron chi connectivity index (χ0n) is 12.6. The number of amides is 2. The summed E-state index contributed by atoms with van der Waals surface area (Å²) in [6.07, 6.45) is 0. The molecule has 1 heterocycles. The summed E-state index contributed by atoms with van der Waals surface area (Å²) in [4.78, 5) is 26.0. The van der Waals surface area contributed by atoms with Gasteiger partial charge in [0.1, 0.15) is 0 Å². The number of imide groups is 1. The monoisotopic (exact) mass is 371 g/mol. The van der Waals surface area contributed by atoms with Gasteiger partial charge in [-0.25, -0.2) is 4.90 Å². The molecule has 2 aromatic rings. The molecule has 0 fully saturated rings. The lowest BCUT2D eigenvalue weighted by Gasteiger charge is -2.14. The van der Waals surface area contributed by atoms with Gasteiger partial charge in [0.25, 0.3) is 5.91 Å². The van der Waals surface area contributed by atoms with Crippen LogP contribution in [0.15, 0.2) is 52.7 Å². The number of nitrogens with zero attached hydrogens (tertiary/aromatic N) is 1. The van der Waals surface area contributed by atoms with Crippen LogP contribution in [0.2, 0.25) is 0 Å². The molecule has 0 aromatic heterocycles. The van der Waals surface area contributed by atoms with Gasteiger partial charge in [-0.1, -0.05) is 34.1 Å². The average molecular weight is 372 g/mol. The van der Waals surface area contributed by atoms with Gasteiger partial charge >= 0.3 is 5.91 Å². The third kappa shape index (κ3) is 2.57. The standard InChI is InChI=1S/C18H14BrNO3/c1-10-3-4-12(9-11(10)2)15-16(21)18(23)20(17(15)22)14-7-5-13(19)6-8-14/h3-9,21H,1-2H3. The molecule has 3 rings (SSSR count). The summed E-state index contributed by atoms with van der Waals surface area (Å²) < 4.78 is 0.840. The van der Waals surface area contributed by atoms with Crippen LogP contribution in [0.1, 0.15) is 16.7 Å². The zero-order valence-corrected chi connectivity index (χ0v) is 14.2. The molecule has 2 aromatic carbocycles. The first-order valence-corrected chi connectivity index (χ1v) is 7.84. The minimum atomic E-state index is -0.703. The summed E-state index contributed by atoms with van der Waals surface area (Å²) >= 11 is 3.31. The minimum absolute atomic E-state index is 0.0426. The topological polar surface area (TPSA) is 57.6 Å². The largest absolute Gasteiger partial charge is 0.502 e. The van der Waals surface area contributed by atoms with Gasteiger partial charge in [-0.2, -0.15) is 0 Å². The number of hydrogen-bond acceptors (Lipinski definition) is 3. The number of carbonyl (C=O) groups excluding carboxylic acids is 2. The number of hydrogen-bond donors (Lipinski definition) is 1. The molecule has 0 radical (unpaired) electrons. The van der Waals surface area contributed by atoms with Crippen molar-refractivity contribution < 1.29 is 14.7 Å². The molecular weight excluding hydrogens is 358 g/mol. The van der Waals surface area contributed by atoms with Crippen LogP contribution < -0.4 is 4.90 Å². The highest BCUT2D eigenvalue weighted by atomic mass is 79.9. The second-order valence-electron chi connectivity index (χ2n) is 5.44. The molecule has 0 saturated carbocycles. The van der Waals surface area contributed by atoms with E-state index >= 15 is 0 Å². The highest BCUT2D eigenvalue weighted by molar-refractivity contribution is 9.10. The maximum Gasteiger partial charge on any atom is 0.301 e. The van der Waals surface area contributed by atoms with E-state index in [1.165, 1.54) is 0 Å². The Hall–Kier alpha value is -2.40. The average Bonchev–Trinajstić information content (AvgIpc) is 2.74. The summed E-state index contributed by atoms with van der Waals surface area (Å²) in [6.45, 7) is 3.88. The van der Waals surface area contributed by atoms with Crippen molar-refractivity contribution in [2.24, 2.45) is 0 Å². The maximum atomic E-state index is 12.7. The fourth-order valence-corrected chi connectivity index (χ4v) is 2.76. The van der Waals surface area contributed by atoms with Crippen molar-refractivity contribution in [3.05, 3.63) is 69.4 Å². The number of rotatable bonds is 2. The zero-order chi connectivity index (χ0) is 16.7. The minimum Gasteiger partial charge on any atom is -0.502 e. The van der Waals surface area contributed by atoms with Gasteiger partial charge in [-0.05, 0) is 54.8 Å². The molecule has 116 valence electrons. The molecule has 0 spiro atoms. The van der Waals surface area contributed by atoms with Crippen molar-refractivity contribution in [3.63, 3.8) is 0 Å². The smallest absolute Gasteiger partial charge is 0.301 e. The Morgan fingerprint density at radius 3 is 2.17 bits per heavy atom. The van der Waals surface area contributed by atoms with E-state index in [0.29, 0.717) is 11.3 Å². The fraction of sp³-hybridized carbons (Fsp3) is 0.111. The Balaban J connectivity index is 2.05. The van der Waals surface area contributed by atoms with Gasteiger partial charge in [-0.15, -0.1) is 0 Å². The molecule has 0 unspecified atom stereocenters. The summed E-state index contributed by atoms with van der Waals surface area (Å²) in [5, 5.41) is 10.2.